The Morgan fingerprint density at radius 3 is 2.56 bits per heavy atom. The van der Waals surface area contributed by atoms with Crippen LogP contribution in [0.1, 0.15) is 31.9 Å². The second-order valence-corrected chi connectivity index (χ2v) is 5.28. The lowest BCUT2D eigenvalue weighted by atomic mass is 9.83. The Hall–Kier alpha value is -1.50. The molecule has 0 N–H and O–H groups in total. The number of fused-ring (bicyclic) bond motifs is 1. The van der Waals surface area contributed by atoms with E-state index >= 15 is 0 Å². The Labute approximate surface area is 96.7 Å². The summed E-state index contributed by atoms with van der Waals surface area (Å²) < 4.78 is 0. The highest BCUT2D eigenvalue weighted by molar-refractivity contribution is 5.91. The van der Waals surface area contributed by atoms with Crippen molar-refractivity contribution in [2.24, 2.45) is 0 Å². The molecule has 0 spiro atoms. The highest BCUT2D eigenvalue weighted by Gasteiger charge is 2.21. The molecule has 2 aromatic rings. The highest BCUT2D eigenvalue weighted by atomic mass is 16.3. The molecule has 0 aliphatic rings. The molecule has 2 radical (unpaired) electrons. The SMILES string of the molecule is Cc1cc(C(C)(C)C)c([O])c2ccc[c]c12. The monoisotopic (exact) mass is 212 g/mol. The first kappa shape index (κ1) is 11.0. The number of hydrogen-bond acceptors (Lipinski definition) is 0. The van der Waals surface area contributed by atoms with Crippen LogP contribution in [0.3, 0.4) is 0 Å². The van der Waals surface area contributed by atoms with E-state index in [-0.39, 0.29) is 11.2 Å². The van der Waals surface area contributed by atoms with Crippen molar-refractivity contribution in [2.45, 2.75) is 33.1 Å². The van der Waals surface area contributed by atoms with Gasteiger partial charge in [0.15, 0.2) is 5.75 Å². The first-order chi connectivity index (χ1) is 7.41. The van der Waals surface area contributed by atoms with Crippen molar-refractivity contribution >= 4 is 10.8 Å². The van der Waals surface area contributed by atoms with Gasteiger partial charge < -0.3 is 0 Å². The zero-order valence-electron chi connectivity index (χ0n) is 10.2. The fourth-order valence-electron chi connectivity index (χ4n) is 2.01. The second-order valence-electron chi connectivity index (χ2n) is 5.28. The van der Waals surface area contributed by atoms with Crippen molar-refractivity contribution in [2.75, 3.05) is 0 Å². The van der Waals surface area contributed by atoms with E-state index in [4.69, 9.17) is 0 Å². The molecule has 0 atom stereocenters. The molecule has 0 saturated heterocycles. The van der Waals surface area contributed by atoms with Crippen molar-refractivity contribution in [3.63, 3.8) is 0 Å². The van der Waals surface area contributed by atoms with Crippen LogP contribution >= 0.6 is 0 Å². The molecule has 82 valence electrons. The van der Waals surface area contributed by atoms with Crippen LogP contribution in [0.15, 0.2) is 24.3 Å². The Morgan fingerprint density at radius 1 is 1.25 bits per heavy atom. The van der Waals surface area contributed by atoms with Gasteiger partial charge in [0.05, 0.1) is 0 Å². The van der Waals surface area contributed by atoms with Gasteiger partial charge in [0.25, 0.3) is 0 Å². The van der Waals surface area contributed by atoms with Gasteiger partial charge in [-0.05, 0) is 29.4 Å². The normalized spacial score (nSPS) is 12.0. The first-order valence-corrected chi connectivity index (χ1v) is 5.53. The lowest BCUT2D eigenvalue weighted by Crippen LogP contribution is -2.11. The summed E-state index contributed by atoms with van der Waals surface area (Å²) in [5, 5.41) is 14.0. The summed E-state index contributed by atoms with van der Waals surface area (Å²) in [5.74, 6) is 0.143. The maximum absolute atomic E-state index is 12.3. The lowest BCUT2D eigenvalue weighted by molar-refractivity contribution is 0.346. The number of rotatable bonds is 0. The van der Waals surface area contributed by atoms with Gasteiger partial charge in [-0.1, -0.05) is 45.0 Å². The average Bonchev–Trinajstić information content (AvgIpc) is 2.22. The van der Waals surface area contributed by atoms with E-state index in [0.717, 1.165) is 21.9 Å². The zero-order valence-corrected chi connectivity index (χ0v) is 10.2. The standard InChI is InChI=1S/C15H16O/c1-10-9-13(15(2,3)4)14(16)12-8-6-5-7-11(10)12/h5-6,8-9H,1-4H3. The van der Waals surface area contributed by atoms with Crippen LogP contribution in [0.5, 0.6) is 5.75 Å². The molecule has 0 heterocycles. The van der Waals surface area contributed by atoms with Crippen molar-refractivity contribution in [3.8, 4) is 5.75 Å². The third kappa shape index (κ3) is 1.67. The second kappa shape index (κ2) is 3.51. The van der Waals surface area contributed by atoms with E-state index in [1.807, 2.05) is 31.2 Å². The summed E-state index contributed by atoms with van der Waals surface area (Å²) in [6.45, 7) is 8.25. The molecule has 0 bridgehead atoms. The minimum absolute atomic E-state index is 0.105. The van der Waals surface area contributed by atoms with Gasteiger partial charge >= 0.3 is 0 Å². The van der Waals surface area contributed by atoms with Crippen LogP contribution in [-0.4, -0.2) is 0 Å². The summed E-state index contributed by atoms with van der Waals surface area (Å²) in [6, 6.07) is 10.7. The van der Waals surface area contributed by atoms with Gasteiger partial charge in [0.1, 0.15) is 0 Å². The van der Waals surface area contributed by atoms with Crippen LogP contribution in [0, 0.1) is 13.0 Å². The van der Waals surface area contributed by atoms with E-state index in [1.165, 1.54) is 0 Å². The Kier molecular flexibility index (Phi) is 2.42. The van der Waals surface area contributed by atoms with Crippen LogP contribution in [-0.2, 0) is 10.5 Å². The highest BCUT2D eigenvalue weighted by Crippen LogP contribution is 2.38. The molecule has 16 heavy (non-hydrogen) atoms. The van der Waals surface area contributed by atoms with E-state index < -0.39 is 0 Å². The van der Waals surface area contributed by atoms with Crippen LogP contribution in [0.25, 0.3) is 10.8 Å². The van der Waals surface area contributed by atoms with Gasteiger partial charge in [-0.25, -0.2) is 0 Å². The predicted molar refractivity (Wildman–Crippen MR) is 66.4 cm³/mol. The van der Waals surface area contributed by atoms with Gasteiger partial charge in [-0.2, -0.15) is 0 Å². The summed E-state index contributed by atoms with van der Waals surface area (Å²) in [7, 11) is 0. The fraction of sp³-hybridized carbons (Fsp3) is 0.333. The average molecular weight is 212 g/mol. The van der Waals surface area contributed by atoms with E-state index in [1.54, 1.807) is 0 Å². The minimum Gasteiger partial charge on any atom is -0.289 e. The van der Waals surface area contributed by atoms with Crippen LogP contribution in [0.4, 0.5) is 0 Å². The largest absolute Gasteiger partial charge is 0.289 e. The fourth-order valence-corrected chi connectivity index (χ4v) is 2.01. The van der Waals surface area contributed by atoms with Gasteiger partial charge in [-0.15, -0.1) is 0 Å². The van der Waals surface area contributed by atoms with Crippen molar-refractivity contribution < 1.29 is 5.11 Å². The van der Waals surface area contributed by atoms with Crippen LogP contribution < -0.4 is 0 Å². The number of aryl methyl sites for hydroxylation is 1. The Morgan fingerprint density at radius 2 is 1.94 bits per heavy atom. The van der Waals surface area contributed by atoms with E-state index in [2.05, 4.69) is 26.8 Å². The molecule has 2 rings (SSSR count). The molecule has 0 aromatic heterocycles. The van der Waals surface area contributed by atoms with Gasteiger partial charge in [-0.3, -0.25) is 5.11 Å². The quantitative estimate of drug-likeness (QED) is 0.617. The summed E-state index contributed by atoms with van der Waals surface area (Å²) in [5.41, 5.74) is 1.91. The molecular weight excluding hydrogens is 196 g/mol. The first-order valence-electron chi connectivity index (χ1n) is 5.53. The molecule has 1 heteroatoms. The maximum Gasteiger partial charge on any atom is 0.190 e. The Bertz CT molecular complexity index is 533. The summed E-state index contributed by atoms with van der Waals surface area (Å²) in [6.07, 6.45) is 0. The molecule has 0 saturated carbocycles. The molecule has 1 nitrogen and oxygen atoms in total. The third-order valence-corrected chi connectivity index (χ3v) is 2.91. The molecule has 0 fully saturated rings. The number of benzene rings is 2. The summed E-state index contributed by atoms with van der Waals surface area (Å²) in [4.78, 5) is 0. The third-order valence-electron chi connectivity index (χ3n) is 2.91. The molecule has 0 aliphatic carbocycles. The van der Waals surface area contributed by atoms with E-state index in [9.17, 15) is 5.11 Å². The zero-order chi connectivity index (χ0) is 11.9. The van der Waals surface area contributed by atoms with Crippen molar-refractivity contribution in [1.82, 2.24) is 0 Å². The maximum atomic E-state index is 12.3. The van der Waals surface area contributed by atoms with Crippen LogP contribution in [0.2, 0.25) is 0 Å². The Balaban J connectivity index is 2.86. The molecule has 0 aliphatic heterocycles. The number of hydrogen-bond donors (Lipinski definition) is 0. The van der Waals surface area contributed by atoms with E-state index in [0.29, 0.717) is 0 Å². The molecule has 0 unspecified atom stereocenters. The molecule has 2 aromatic carbocycles. The minimum atomic E-state index is -0.105. The molecule has 0 amide bonds. The lowest BCUT2D eigenvalue weighted by Gasteiger charge is -2.21. The smallest absolute Gasteiger partial charge is 0.190 e. The summed E-state index contributed by atoms with van der Waals surface area (Å²) >= 11 is 0. The van der Waals surface area contributed by atoms with Gasteiger partial charge in [0.2, 0.25) is 0 Å². The van der Waals surface area contributed by atoms with Crippen molar-refractivity contribution in [1.29, 1.82) is 0 Å². The topological polar surface area (TPSA) is 19.9 Å². The molecular formula is C15H16O. The predicted octanol–water partition coefficient (Wildman–Crippen LogP) is 4.39. The van der Waals surface area contributed by atoms with Crippen molar-refractivity contribution in [3.05, 3.63) is 41.5 Å². The van der Waals surface area contributed by atoms with Gasteiger partial charge in [0, 0.05) is 10.9 Å².